The van der Waals surface area contributed by atoms with Crippen LogP contribution in [0, 0.1) is 11.8 Å². The molecule has 18 heavy (non-hydrogen) atoms. The van der Waals surface area contributed by atoms with Crippen molar-refractivity contribution >= 4 is 5.91 Å². The van der Waals surface area contributed by atoms with Gasteiger partial charge in [-0.3, -0.25) is 4.79 Å². The normalized spacial score (nSPS) is 25.7. The molecule has 1 rings (SSSR count). The van der Waals surface area contributed by atoms with Gasteiger partial charge < -0.3 is 20.5 Å². The maximum atomic E-state index is 12.1. The van der Waals surface area contributed by atoms with Crippen molar-refractivity contribution in [3.8, 4) is 0 Å². The molecule has 1 fully saturated rings. The molecule has 0 radical (unpaired) electrons. The zero-order valence-corrected chi connectivity index (χ0v) is 11.5. The molecule has 0 saturated heterocycles. The van der Waals surface area contributed by atoms with Crippen LogP contribution in [0.25, 0.3) is 0 Å². The van der Waals surface area contributed by atoms with Crippen molar-refractivity contribution in [1.29, 1.82) is 0 Å². The first-order valence-electron chi connectivity index (χ1n) is 6.72. The van der Waals surface area contributed by atoms with Crippen molar-refractivity contribution in [2.45, 2.75) is 31.8 Å². The average molecular weight is 258 g/mol. The van der Waals surface area contributed by atoms with Crippen LogP contribution in [0.3, 0.4) is 0 Å². The molecule has 1 amide bonds. The van der Waals surface area contributed by atoms with Gasteiger partial charge in [-0.05, 0) is 25.3 Å². The van der Waals surface area contributed by atoms with Crippen molar-refractivity contribution in [3.63, 3.8) is 0 Å². The molecular weight excluding hydrogens is 232 g/mol. The van der Waals surface area contributed by atoms with Gasteiger partial charge in [-0.1, -0.05) is 12.8 Å². The second-order valence-electron chi connectivity index (χ2n) is 4.94. The van der Waals surface area contributed by atoms with Gasteiger partial charge >= 0.3 is 0 Å². The molecule has 1 aliphatic carbocycles. The Morgan fingerprint density at radius 1 is 1.39 bits per heavy atom. The van der Waals surface area contributed by atoms with E-state index >= 15 is 0 Å². The largest absolute Gasteiger partial charge is 0.382 e. The van der Waals surface area contributed by atoms with Gasteiger partial charge in [0.25, 0.3) is 0 Å². The maximum Gasteiger partial charge on any atom is 0.223 e. The van der Waals surface area contributed by atoms with Crippen molar-refractivity contribution in [2.75, 3.05) is 33.9 Å². The molecule has 3 N–H and O–H groups in total. The molecule has 0 heterocycles. The lowest BCUT2D eigenvalue weighted by Gasteiger charge is -2.30. The average Bonchev–Trinajstić information content (AvgIpc) is 2.42. The number of ether oxygens (including phenoxy) is 2. The zero-order valence-electron chi connectivity index (χ0n) is 11.5. The van der Waals surface area contributed by atoms with Gasteiger partial charge in [0.15, 0.2) is 0 Å². The fourth-order valence-electron chi connectivity index (χ4n) is 2.58. The molecule has 1 aliphatic rings. The molecule has 0 aromatic heterocycles. The smallest absolute Gasteiger partial charge is 0.223 e. The Balaban J connectivity index is 2.38. The van der Waals surface area contributed by atoms with Crippen molar-refractivity contribution < 1.29 is 14.3 Å². The molecule has 0 aromatic rings. The molecular formula is C13H26N2O3. The lowest BCUT2D eigenvalue weighted by molar-refractivity contribution is -0.128. The van der Waals surface area contributed by atoms with E-state index in [1.54, 1.807) is 14.2 Å². The molecule has 0 aliphatic heterocycles. The molecule has 3 atom stereocenters. The summed E-state index contributed by atoms with van der Waals surface area (Å²) in [4.78, 5) is 12.1. The van der Waals surface area contributed by atoms with Crippen LogP contribution in [0.4, 0.5) is 0 Å². The third-order valence-corrected chi connectivity index (χ3v) is 3.74. The standard InChI is InChI=1S/C13H26N2O3/c1-17-9-11(18-2)8-15-13(16)12-6-4-3-5-10(12)7-14/h10-12H,3-9,14H2,1-2H3,(H,15,16). The number of amides is 1. The summed E-state index contributed by atoms with van der Waals surface area (Å²) in [5, 5.41) is 2.95. The molecule has 5 heteroatoms. The van der Waals surface area contributed by atoms with E-state index in [0.717, 1.165) is 19.3 Å². The monoisotopic (exact) mass is 258 g/mol. The predicted molar refractivity (Wildman–Crippen MR) is 70.2 cm³/mol. The Morgan fingerprint density at radius 3 is 2.72 bits per heavy atom. The Labute approximate surface area is 109 Å². The third-order valence-electron chi connectivity index (χ3n) is 3.74. The van der Waals surface area contributed by atoms with Crippen LogP contribution >= 0.6 is 0 Å². The minimum atomic E-state index is -0.0844. The van der Waals surface area contributed by atoms with Gasteiger partial charge in [0.05, 0.1) is 12.7 Å². The predicted octanol–water partition coefficient (Wildman–Crippen LogP) is 0.529. The summed E-state index contributed by atoms with van der Waals surface area (Å²) in [6.45, 7) is 1.59. The number of methoxy groups -OCH3 is 2. The summed E-state index contributed by atoms with van der Waals surface area (Å²) in [6, 6.07) is 0. The second kappa shape index (κ2) is 8.45. The number of nitrogens with one attached hydrogen (secondary N) is 1. The highest BCUT2D eigenvalue weighted by molar-refractivity contribution is 5.79. The molecule has 1 saturated carbocycles. The van der Waals surface area contributed by atoms with Gasteiger partial charge in [-0.15, -0.1) is 0 Å². The topological polar surface area (TPSA) is 73.6 Å². The van der Waals surface area contributed by atoms with Crippen LogP contribution in [0.15, 0.2) is 0 Å². The van der Waals surface area contributed by atoms with Crippen LogP contribution in [0.2, 0.25) is 0 Å². The Morgan fingerprint density at radius 2 is 2.11 bits per heavy atom. The first kappa shape index (κ1) is 15.4. The highest BCUT2D eigenvalue weighted by Crippen LogP contribution is 2.29. The summed E-state index contributed by atoms with van der Waals surface area (Å²) in [5.74, 6) is 0.522. The molecule has 0 bridgehead atoms. The highest BCUT2D eigenvalue weighted by Gasteiger charge is 2.29. The number of rotatable bonds is 7. The van der Waals surface area contributed by atoms with E-state index in [0.29, 0.717) is 25.6 Å². The van der Waals surface area contributed by atoms with Crippen molar-refractivity contribution in [2.24, 2.45) is 17.6 Å². The fraction of sp³-hybridized carbons (Fsp3) is 0.923. The Bertz CT molecular complexity index is 248. The van der Waals surface area contributed by atoms with E-state index in [2.05, 4.69) is 5.32 Å². The first-order valence-corrected chi connectivity index (χ1v) is 6.72. The van der Waals surface area contributed by atoms with Crippen molar-refractivity contribution in [1.82, 2.24) is 5.32 Å². The van der Waals surface area contributed by atoms with E-state index in [-0.39, 0.29) is 17.9 Å². The van der Waals surface area contributed by atoms with Crippen LogP contribution in [-0.2, 0) is 14.3 Å². The molecule has 3 unspecified atom stereocenters. The summed E-state index contributed by atoms with van der Waals surface area (Å²) in [6.07, 6.45) is 4.26. The lowest BCUT2D eigenvalue weighted by atomic mass is 9.79. The minimum Gasteiger partial charge on any atom is -0.382 e. The maximum absolute atomic E-state index is 12.1. The van der Waals surface area contributed by atoms with E-state index in [1.807, 2.05) is 0 Å². The molecule has 0 aromatic carbocycles. The fourth-order valence-corrected chi connectivity index (χ4v) is 2.58. The number of nitrogens with two attached hydrogens (primary N) is 1. The SMILES string of the molecule is COCC(CNC(=O)C1CCCCC1CN)OC. The quantitative estimate of drug-likeness (QED) is 0.698. The van der Waals surface area contributed by atoms with E-state index in [4.69, 9.17) is 15.2 Å². The molecule has 106 valence electrons. The van der Waals surface area contributed by atoms with Gasteiger partial charge in [-0.2, -0.15) is 0 Å². The lowest BCUT2D eigenvalue weighted by Crippen LogP contribution is -2.43. The van der Waals surface area contributed by atoms with Crippen LogP contribution in [0.5, 0.6) is 0 Å². The Hall–Kier alpha value is -0.650. The molecule has 5 nitrogen and oxygen atoms in total. The zero-order chi connectivity index (χ0) is 13.4. The number of carbonyl (C=O) groups excluding carboxylic acids is 1. The number of hydrogen-bond donors (Lipinski definition) is 2. The van der Waals surface area contributed by atoms with Gasteiger partial charge in [0.1, 0.15) is 0 Å². The summed E-state index contributed by atoms with van der Waals surface area (Å²) in [7, 11) is 3.25. The van der Waals surface area contributed by atoms with Gasteiger partial charge in [-0.25, -0.2) is 0 Å². The summed E-state index contributed by atoms with van der Waals surface area (Å²) in [5.41, 5.74) is 5.74. The van der Waals surface area contributed by atoms with E-state index < -0.39 is 0 Å². The Kier molecular flexibility index (Phi) is 7.23. The van der Waals surface area contributed by atoms with Crippen LogP contribution in [-0.4, -0.2) is 45.9 Å². The second-order valence-corrected chi connectivity index (χ2v) is 4.94. The van der Waals surface area contributed by atoms with Crippen molar-refractivity contribution in [3.05, 3.63) is 0 Å². The number of carbonyl (C=O) groups is 1. The van der Waals surface area contributed by atoms with E-state index in [1.165, 1.54) is 6.42 Å². The van der Waals surface area contributed by atoms with Crippen LogP contribution in [0.1, 0.15) is 25.7 Å². The van der Waals surface area contributed by atoms with Crippen LogP contribution < -0.4 is 11.1 Å². The minimum absolute atomic E-state index is 0.0730. The molecule has 0 spiro atoms. The van der Waals surface area contributed by atoms with Gasteiger partial charge in [0.2, 0.25) is 5.91 Å². The third kappa shape index (κ3) is 4.55. The highest BCUT2D eigenvalue weighted by atomic mass is 16.5. The summed E-state index contributed by atoms with van der Waals surface area (Å²) >= 11 is 0. The van der Waals surface area contributed by atoms with Gasteiger partial charge in [0, 0.05) is 26.7 Å². The summed E-state index contributed by atoms with van der Waals surface area (Å²) < 4.78 is 10.2. The van der Waals surface area contributed by atoms with E-state index in [9.17, 15) is 4.79 Å². The number of hydrogen-bond acceptors (Lipinski definition) is 4. The first-order chi connectivity index (χ1) is 8.72.